The van der Waals surface area contributed by atoms with Crippen LogP contribution in [0.2, 0.25) is 0 Å². The normalized spacial score (nSPS) is 12.3. The molecule has 76 valence electrons. The molecule has 2 nitrogen and oxygen atoms in total. The van der Waals surface area contributed by atoms with Gasteiger partial charge in [0.05, 0.1) is 7.11 Å². The molecule has 0 aliphatic heterocycles. The monoisotopic (exact) mass is 276 g/mol. The van der Waals surface area contributed by atoms with Crippen LogP contribution in [-0.2, 0) is 0 Å². The van der Waals surface area contributed by atoms with E-state index in [0.717, 1.165) is 11.3 Å². The number of alkyl halides is 2. The van der Waals surface area contributed by atoms with Crippen LogP contribution in [0.3, 0.4) is 0 Å². The summed E-state index contributed by atoms with van der Waals surface area (Å²) in [5.74, 6) is 0.625. The lowest BCUT2D eigenvalue weighted by Crippen LogP contribution is -2.07. The van der Waals surface area contributed by atoms with Crippen LogP contribution in [0.25, 0.3) is 0 Å². The summed E-state index contributed by atoms with van der Waals surface area (Å²) in [6, 6.07) is 5.22. The van der Waals surface area contributed by atoms with Crippen molar-refractivity contribution in [3.8, 4) is 5.75 Å². The van der Waals surface area contributed by atoms with Crippen LogP contribution in [0.5, 0.6) is 5.75 Å². The fraction of sp³-hybridized carbons (Fsp3) is 0.300. The van der Waals surface area contributed by atoms with E-state index in [4.69, 9.17) is 16.3 Å². The third kappa shape index (κ3) is 2.49. The molecule has 1 aromatic carbocycles. The molecule has 0 heterocycles. The molecule has 14 heavy (non-hydrogen) atoms. The molecule has 1 rings (SSSR count). The third-order valence-corrected chi connectivity index (χ3v) is 2.49. The minimum Gasteiger partial charge on any atom is -0.496 e. The molecular weight excluding hydrogens is 267 g/mol. The highest BCUT2D eigenvalue weighted by atomic mass is 79.9. The van der Waals surface area contributed by atoms with Gasteiger partial charge in [0.2, 0.25) is 0 Å². The number of hydrogen-bond donors (Lipinski definition) is 0. The Bertz CT molecular complexity index is 350. The molecule has 1 atom stereocenters. The molecule has 0 spiro atoms. The quantitative estimate of drug-likeness (QED) is 0.627. The fourth-order valence-electron chi connectivity index (χ4n) is 1.16. The van der Waals surface area contributed by atoms with Gasteiger partial charge in [-0.05, 0) is 30.7 Å². The molecule has 0 N–H and O–H groups in total. The van der Waals surface area contributed by atoms with Gasteiger partial charge in [-0.2, -0.15) is 0 Å². The van der Waals surface area contributed by atoms with E-state index < -0.39 is 4.29 Å². The second-order valence-corrected chi connectivity index (χ2v) is 4.73. The van der Waals surface area contributed by atoms with E-state index in [2.05, 4.69) is 15.9 Å². The molecule has 0 amide bonds. The molecule has 0 aliphatic rings. The minimum atomic E-state index is -0.671. The van der Waals surface area contributed by atoms with Crippen molar-refractivity contribution in [1.29, 1.82) is 0 Å². The highest BCUT2D eigenvalue weighted by Crippen LogP contribution is 2.21. The molecule has 1 aromatic rings. The number of benzene rings is 1. The van der Waals surface area contributed by atoms with Crippen molar-refractivity contribution in [3.63, 3.8) is 0 Å². The topological polar surface area (TPSA) is 26.3 Å². The maximum atomic E-state index is 11.5. The van der Waals surface area contributed by atoms with Gasteiger partial charge in [0.15, 0.2) is 10.1 Å². The summed E-state index contributed by atoms with van der Waals surface area (Å²) >= 11 is 8.65. The van der Waals surface area contributed by atoms with Gasteiger partial charge in [-0.25, -0.2) is 0 Å². The van der Waals surface area contributed by atoms with Crippen LogP contribution in [0.15, 0.2) is 18.2 Å². The molecule has 4 heteroatoms. The molecule has 0 fully saturated rings. The molecule has 0 aromatic heterocycles. The number of ketones is 1. The van der Waals surface area contributed by atoms with Gasteiger partial charge in [0.25, 0.3) is 0 Å². The van der Waals surface area contributed by atoms with Gasteiger partial charge in [-0.1, -0.05) is 15.9 Å². The molecule has 0 saturated heterocycles. The maximum absolute atomic E-state index is 11.5. The van der Waals surface area contributed by atoms with Gasteiger partial charge >= 0.3 is 0 Å². The fourth-order valence-corrected chi connectivity index (χ4v) is 1.55. The van der Waals surface area contributed by atoms with Gasteiger partial charge in [-0.3, -0.25) is 4.79 Å². The Hall–Kier alpha value is -0.540. The number of rotatable bonds is 3. The van der Waals surface area contributed by atoms with Gasteiger partial charge in [0.1, 0.15) is 5.75 Å². The number of halogens is 2. The third-order valence-electron chi connectivity index (χ3n) is 1.88. The number of ether oxygens (including phenoxy) is 1. The first kappa shape index (κ1) is 11.5. The number of carbonyl (C=O) groups is 1. The largest absolute Gasteiger partial charge is 0.496 e. The lowest BCUT2D eigenvalue weighted by atomic mass is 10.1. The second-order valence-electron chi connectivity index (χ2n) is 2.85. The summed E-state index contributed by atoms with van der Waals surface area (Å²) < 4.78 is 4.41. The molecular formula is C10H10BrClO2. The Morgan fingerprint density at radius 3 is 2.64 bits per heavy atom. The van der Waals surface area contributed by atoms with E-state index in [0.29, 0.717) is 5.56 Å². The lowest BCUT2D eigenvalue weighted by molar-refractivity contribution is 0.101. The minimum absolute atomic E-state index is 0.141. The molecule has 0 saturated carbocycles. The smallest absolute Gasteiger partial charge is 0.191 e. The molecule has 0 aliphatic carbocycles. The van der Waals surface area contributed by atoms with Gasteiger partial charge in [0, 0.05) is 5.56 Å². The average Bonchev–Trinajstić information content (AvgIpc) is 2.16. The van der Waals surface area contributed by atoms with Crippen molar-refractivity contribution in [3.05, 3.63) is 29.3 Å². The highest BCUT2D eigenvalue weighted by molar-refractivity contribution is 9.10. The zero-order chi connectivity index (χ0) is 10.7. The SMILES string of the molecule is COc1ccc(C(=O)C(Cl)Br)cc1C. The first-order chi connectivity index (χ1) is 6.56. The summed E-state index contributed by atoms with van der Waals surface area (Å²) in [6.45, 7) is 1.88. The van der Waals surface area contributed by atoms with Crippen molar-refractivity contribution in [2.45, 2.75) is 11.2 Å². The van der Waals surface area contributed by atoms with E-state index >= 15 is 0 Å². The second kappa shape index (κ2) is 4.80. The van der Waals surface area contributed by atoms with E-state index in [9.17, 15) is 4.79 Å². The van der Waals surface area contributed by atoms with Crippen LogP contribution in [0.4, 0.5) is 0 Å². The highest BCUT2D eigenvalue weighted by Gasteiger charge is 2.14. The summed E-state index contributed by atoms with van der Waals surface area (Å²) in [5, 5.41) is 0. The number of carbonyl (C=O) groups excluding carboxylic acids is 1. The standard InChI is InChI=1S/C10H10BrClO2/c1-6-5-7(9(13)10(11)12)3-4-8(6)14-2/h3-5,10H,1-2H3. The van der Waals surface area contributed by atoms with Crippen molar-refractivity contribution in [1.82, 2.24) is 0 Å². The number of hydrogen-bond acceptors (Lipinski definition) is 2. The Balaban J connectivity index is 3.03. The summed E-state index contributed by atoms with van der Waals surface area (Å²) in [7, 11) is 1.60. The van der Waals surface area contributed by atoms with E-state index in [-0.39, 0.29) is 5.78 Å². The molecule has 1 unspecified atom stereocenters. The van der Waals surface area contributed by atoms with E-state index in [1.54, 1.807) is 25.3 Å². The Morgan fingerprint density at radius 2 is 2.21 bits per heavy atom. The van der Waals surface area contributed by atoms with E-state index in [1.807, 2.05) is 6.92 Å². The van der Waals surface area contributed by atoms with Crippen molar-refractivity contribution in [2.24, 2.45) is 0 Å². The zero-order valence-corrected chi connectivity index (χ0v) is 10.2. The Labute approximate surface area is 96.3 Å². The van der Waals surface area contributed by atoms with Crippen molar-refractivity contribution >= 4 is 33.3 Å². The first-order valence-corrected chi connectivity index (χ1v) is 5.38. The van der Waals surface area contributed by atoms with Crippen LogP contribution >= 0.6 is 27.5 Å². The average molecular weight is 278 g/mol. The van der Waals surface area contributed by atoms with Crippen LogP contribution < -0.4 is 4.74 Å². The maximum Gasteiger partial charge on any atom is 0.191 e. The predicted octanol–water partition coefficient (Wildman–Crippen LogP) is 3.15. The molecule has 0 radical (unpaired) electrons. The van der Waals surface area contributed by atoms with Crippen LogP contribution in [-0.4, -0.2) is 17.2 Å². The first-order valence-electron chi connectivity index (χ1n) is 4.03. The lowest BCUT2D eigenvalue weighted by Gasteiger charge is -2.06. The van der Waals surface area contributed by atoms with Crippen LogP contribution in [0, 0.1) is 6.92 Å². The number of methoxy groups -OCH3 is 1. The van der Waals surface area contributed by atoms with Crippen LogP contribution in [0.1, 0.15) is 15.9 Å². The Morgan fingerprint density at radius 1 is 1.57 bits per heavy atom. The molecule has 0 bridgehead atoms. The van der Waals surface area contributed by atoms with Gasteiger partial charge < -0.3 is 4.74 Å². The summed E-state index contributed by atoms with van der Waals surface area (Å²) in [4.78, 5) is 11.5. The van der Waals surface area contributed by atoms with Crippen molar-refractivity contribution in [2.75, 3.05) is 7.11 Å². The van der Waals surface area contributed by atoms with Crippen molar-refractivity contribution < 1.29 is 9.53 Å². The van der Waals surface area contributed by atoms with E-state index in [1.165, 1.54) is 0 Å². The predicted molar refractivity (Wildman–Crippen MR) is 60.6 cm³/mol. The Kier molecular flexibility index (Phi) is 3.96. The van der Waals surface area contributed by atoms with Gasteiger partial charge in [-0.15, -0.1) is 11.6 Å². The zero-order valence-electron chi connectivity index (χ0n) is 7.88. The number of Topliss-reactive ketones (excluding diaryl/α,β-unsaturated/α-hetero) is 1. The summed E-state index contributed by atoms with van der Waals surface area (Å²) in [5.41, 5.74) is 1.50. The number of aryl methyl sites for hydroxylation is 1. The summed E-state index contributed by atoms with van der Waals surface area (Å²) in [6.07, 6.45) is 0.